The van der Waals surface area contributed by atoms with Crippen molar-refractivity contribution in [3.05, 3.63) is 35.7 Å². The average Bonchev–Trinajstić information content (AvgIpc) is 2.46. The molecular formula is C17H27N3. The summed E-state index contributed by atoms with van der Waals surface area (Å²) in [6, 6.07) is 4.61. The fourth-order valence-electron chi connectivity index (χ4n) is 2.57. The summed E-state index contributed by atoms with van der Waals surface area (Å²) in [5, 5.41) is 3.22. The van der Waals surface area contributed by atoms with E-state index in [-0.39, 0.29) is 0 Å². The number of nitrogens with one attached hydrogen (secondary N) is 1. The van der Waals surface area contributed by atoms with Crippen LogP contribution in [-0.4, -0.2) is 25.1 Å². The molecule has 1 aromatic rings. The van der Waals surface area contributed by atoms with Crippen LogP contribution < -0.4 is 10.2 Å². The number of rotatable bonds is 3. The predicted molar refractivity (Wildman–Crippen MR) is 86.1 cm³/mol. The highest BCUT2D eigenvalue weighted by atomic mass is 15.1. The molecule has 1 atom stereocenters. The van der Waals surface area contributed by atoms with Gasteiger partial charge in [-0.3, -0.25) is 4.98 Å². The van der Waals surface area contributed by atoms with Crippen molar-refractivity contribution < 1.29 is 0 Å². The molecule has 0 saturated heterocycles. The van der Waals surface area contributed by atoms with Gasteiger partial charge in [-0.2, -0.15) is 0 Å². The van der Waals surface area contributed by atoms with Crippen LogP contribution in [-0.2, 0) is 0 Å². The molecule has 110 valence electrons. The van der Waals surface area contributed by atoms with Crippen molar-refractivity contribution in [3.8, 4) is 0 Å². The van der Waals surface area contributed by atoms with E-state index >= 15 is 0 Å². The maximum atomic E-state index is 4.57. The van der Waals surface area contributed by atoms with Crippen molar-refractivity contribution in [2.24, 2.45) is 5.41 Å². The SMILES string of the molecule is CNC(C)c1ccc(N2CC=C(C(C)(C)C)CC2)cn1. The first-order valence-electron chi connectivity index (χ1n) is 7.49. The number of nitrogens with zero attached hydrogens (tertiary/aromatic N) is 2. The van der Waals surface area contributed by atoms with Gasteiger partial charge in [-0.05, 0) is 37.9 Å². The summed E-state index contributed by atoms with van der Waals surface area (Å²) in [5.74, 6) is 0. The van der Waals surface area contributed by atoms with E-state index < -0.39 is 0 Å². The largest absolute Gasteiger partial charge is 0.366 e. The first-order chi connectivity index (χ1) is 9.41. The monoisotopic (exact) mass is 273 g/mol. The number of hydrogen-bond acceptors (Lipinski definition) is 3. The van der Waals surface area contributed by atoms with Crippen LogP contribution in [0.25, 0.3) is 0 Å². The Morgan fingerprint density at radius 1 is 1.30 bits per heavy atom. The van der Waals surface area contributed by atoms with Gasteiger partial charge in [-0.1, -0.05) is 32.4 Å². The van der Waals surface area contributed by atoms with E-state index in [4.69, 9.17) is 0 Å². The summed E-state index contributed by atoms with van der Waals surface area (Å²) in [4.78, 5) is 6.97. The van der Waals surface area contributed by atoms with E-state index in [0.717, 1.165) is 25.2 Å². The van der Waals surface area contributed by atoms with Crippen molar-refractivity contribution >= 4 is 5.69 Å². The van der Waals surface area contributed by atoms with E-state index in [9.17, 15) is 0 Å². The van der Waals surface area contributed by atoms with Crippen LogP contribution >= 0.6 is 0 Å². The minimum atomic E-state index is 0.302. The Morgan fingerprint density at radius 2 is 2.05 bits per heavy atom. The molecule has 1 aliphatic rings. The van der Waals surface area contributed by atoms with Crippen molar-refractivity contribution in [3.63, 3.8) is 0 Å². The van der Waals surface area contributed by atoms with E-state index in [2.05, 4.69) is 61.1 Å². The molecule has 0 saturated carbocycles. The second-order valence-electron chi connectivity index (χ2n) is 6.63. The summed E-state index contributed by atoms with van der Waals surface area (Å²) >= 11 is 0. The molecule has 1 aliphatic heterocycles. The normalized spacial score (nSPS) is 17.9. The third-order valence-corrected chi connectivity index (χ3v) is 4.19. The molecule has 1 aromatic heterocycles. The van der Waals surface area contributed by atoms with Crippen molar-refractivity contribution in [2.75, 3.05) is 25.0 Å². The van der Waals surface area contributed by atoms with Gasteiger partial charge in [0.1, 0.15) is 0 Å². The molecule has 3 nitrogen and oxygen atoms in total. The lowest BCUT2D eigenvalue weighted by Crippen LogP contribution is -2.31. The van der Waals surface area contributed by atoms with Gasteiger partial charge in [0.05, 0.1) is 17.6 Å². The summed E-state index contributed by atoms with van der Waals surface area (Å²) < 4.78 is 0. The number of aromatic nitrogens is 1. The van der Waals surface area contributed by atoms with Gasteiger partial charge in [-0.15, -0.1) is 0 Å². The maximum absolute atomic E-state index is 4.57. The van der Waals surface area contributed by atoms with Crippen LogP contribution in [0.15, 0.2) is 30.0 Å². The zero-order valence-corrected chi connectivity index (χ0v) is 13.4. The predicted octanol–water partition coefficient (Wildman–Crippen LogP) is 3.54. The Kier molecular flexibility index (Phi) is 4.48. The highest BCUT2D eigenvalue weighted by Gasteiger charge is 2.21. The van der Waals surface area contributed by atoms with Crippen molar-refractivity contribution in [1.82, 2.24) is 10.3 Å². The number of pyridine rings is 1. The lowest BCUT2D eigenvalue weighted by molar-refractivity contribution is 0.472. The van der Waals surface area contributed by atoms with Crippen LogP contribution in [0, 0.1) is 5.41 Å². The van der Waals surface area contributed by atoms with E-state index in [1.165, 1.54) is 5.69 Å². The molecule has 0 aliphatic carbocycles. The molecule has 1 N–H and O–H groups in total. The topological polar surface area (TPSA) is 28.2 Å². The fourth-order valence-corrected chi connectivity index (χ4v) is 2.57. The Labute approximate surface area is 123 Å². The minimum absolute atomic E-state index is 0.302. The molecule has 0 spiro atoms. The summed E-state index contributed by atoms with van der Waals surface area (Å²) in [7, 11) is 1.96. The summed E-state index contributed by atoms with van der Waals surface area (Å²) in [6.45, 7) is 11.1. The second kappa shape index (κ2) is 5.96. The second-order valence-corrected chi connectivity index (χ2v) is 6.63. The van der Waals surface area contributed by atoms with E-state index in [1.807, 2.05) is 13.2 Å². The molecule has 3 heteroatoms. The molecule has 0 fully saturated rings. The lowest BCUT2D eigenvalue weighted by Gasteiger charge is -2.33. The summed E-state index contributed by atoms with van der Waals surface area (Å²) in [6.07, 6.45) is 5.53. The molecular weight excluding hydrogens is 246 g/mol. The van der Waals surface area contributed by atoms with Crippen molar-refractivity contribution in [2.45, 2.75) is 40.2 Å². The van der Waals surface area contributed by atoms with E-state index in [1.54, 1.807) is 5.57 Å². The van der Waals surface area contributed by atoms with Crippen LogP contribution in [0.3, 0.4) is 0 Å². The van der Waals surface area contributed by atoms with Gasteiger partial charge in [0.25, 0.3) is 0 Å². The van der Waals surface area contributed by atoms with Gasteiger partial charge < -0.3 is 10.2 Å². The van der Waals surface area contributed by atoms with Gasteiger partial charge in [-0.25, -0.2) is 0 Å². The number of hydrogen-bond donors (Lipinski definition) is 1. The molecule has 2 heterocycles. The first kappa shape index (κ1) is 15.0. The van der Waals surface area contributed by atoms with Gasteiger partial charge in [0.15, 0.2) is 0 Å². The third kappa shape index (κ3) is 3.40. The third-order valence-electron chi connectivity index (χ3n) is 4.19. The zero-order chi connectivity index (χ0) is 14.8. The first-order valence-corrected chi connectivity index (χ1v) is 7.49. The molecule has 2 rings (SSSR count). The quantitative estimate of drug-likeness (QED) is 0.854. The number of anilines is 1. The van der Waals surface area contributed by atoms with E-state index in [0.29, 0.717) is 11.5 Å². The van der Waals surface area contributed by atoms with Gasteiger partial charge >= 0.3 is 0 Å². The molecule has 0 amide bonds. The molecule has 1 unspecified atom stereocenters. The van der Waals surface area contributed by atoms with Crippen molar-refractivity contribution in [1.29, 1.82) is 0 Å². The lowest BCUT2D eigenvalue weighted by atomic mass is 9.83. The van der Waals surface area contributed by atoms with Crippen LogP contribution in [0.4, 0.5) is 5.69 Å². The highest BCUT2D eigenvalue weighted by molar-refractivity contribution is 5.47. The van der Waals surface area contributed by atoms with Crippen LogP contribution in [0.1, 0.15) is 45.9 Å². The summed E-state index contributed by atoms with van der Waals surface area (Å²) in [5.41, 5.74) is 4.19. The Hall–Kier alpha value is -1.35. The molecule has 0 aromatic carbocycles. The standard InChI is InChI=1S/C17H27N3/c1-13(18-5)16-7-6-15(12-19-16)20-10-8-14(9-11-20)17(2,3)4/h6-8,12-13,18H,9-11H2,1-5H3. The maximum Gasteiger partial charge on any atom is 0.0571 e. The minimum Gasteiger partial charge on any atom is -0.366 e. The molecule has 0 bridgehead atoms. The van der Waals surface area contributed by atoms with Gasteiger partial charge in [0.2, 0.25) is 0 Å². The fraction of sp³-hybridized carbons (Fsp3) is 0.588. The highest BCUT2D eigenvalue weighted by Crippen LogP contribution is 2.31. The Balaban J connectivity index is 2.06. The molecule has 20 heavy (non-hydrogen) atoms. The smallest absolute Gasteiger partial charge is 0.0571 e. The van der Waals surface area contributed by atoms with Crippen LogP contribution in [0.5, 0.6) is 0 Å². The van der Waals surface area contributed by atoms with Crippen LogP contribution in [0.2, 0.25) is 0 Å². The molecule has 0 radical (unpaired) electrons. The Morgan fingerprint density at radius 3 is 2.50 bits per heavy atom. The average molecular weight is 273 g/mol. The Bertz CT molecular complexity index is 468. The zero-order valence-electron chi connectivity index (χ0n) is 13.4. The van der Waals surface area contributed by atoms with Gasteiger partial charge in [0, 0.05) is 19.1 Å².